The van der Waals surface area contributed by atoms with Crippen molar-refractivity contribution < 1.29 is 9.21 Å². The van der Waals surface area contributed by atoms with Gasteiger partial charge in [0.25, 0.3) is 5.56 Å². The second-order valence-electron chi connectivity index (χ2n) is 7.16. The van der Waals surface area contributed by atoms with Crippen LogP contribution in [0.2, 0.25) is 0 Å². The fourth-order valence-corrected chi connectivity index (χ4v) is 4.76. The van der Waals surface area contributed by atoms with Crippen molar-refractivity contribution in [2.75, 3.05) is 6.54 Å². The predicted molar refractivity (Wildman–Crippen MR) is 126 cm³/mol. The normalized spacial score (nSPS) is 10.9. The second kappa shape index (κ2) is 10.4. The number of nitrogens with one attached hydrogen (secondary N) is 1. The summed E-state index contributed by atoms with van der Waals surface area (Å²) in [4.78, 5) is 28.9. The van der Waals surface area contributed by atoms with Gasteiger partial charge in [0.2, 0.25) is 5.91 Å². The number of rotatable bonds is 9. The van der Waals surface area contributed by atoms with Gasteiger partial charge in [-0.2, -0.15) is 5.10 Å². The first-order chi connectivity index (χ1) is 15.6. The van der Waals surface area contributed by atoms with Gasteiger partial charge < -0.3 is 9.73 Å². The Morgan fingerprint density at radius 1 is 1.19 bits per heavy atom. The Hall–Kier alpha value is -3.17. The molecule has 0 unspecified atom stereocenters. The molecule has 3 aromatic heterocycles. The third-order valence-electron chi connectivity index (χ3n) is 4.64. The second-order valence-corrected chi connectivity index (χ2v) is 9.24. The third kappa shape index (κ3) is 5.95. The number of nitrogens with zero attached hydrogens (tertiary/aromatic N) is 3. The summed E-state index contributed by atoms with van der Waals surface area (Å²) >= 11 is 3.21. The molecular weight excluding hydrogens is 444 g/mol. The van der Waals surface area contributed by atoms with Gasteiger partial charge in [-0.25, -0.2) is 9.67 Å². The summed E-state index contributed by atoms with van der Waals surface area (Å²) < 4.78 is 7.58. The number of aryl methyl sites for hydroxylation is 1. The van der Waals surface area contributed by atoms with Crippen LogP contribution in [0, 0.1) is 6.92 Å². The summed E-state index contributed by atoms with van der Waals surface area (Å²) in [5.74, 6) is 1.29. The molecule has 7 nitrogen and oxygen atoms in total. The molecule has 0 atom stereocenters. The molecule has 0 spiro atoms. The first-order valence-electron chi connectivity index (χ1n) is 10.1. The van der Waals surface area contributed by atoms with E-state index in [4.69, 9.17) is 4.42 Å². The third-order valence-corrected chi connectivity index (χ3v) is 6.78. The smallest absolute Gasteiger partial charge is 0.266 e. The summed E-state index contributed by atoms with van der Waals surface area (Å²) in [6.45, 7) is 2.64. The number of hydrogen-bond acceptors (Lipinski definition) is 7. The van der Waals surface area contributed by atoms with Gasteiger partial charge in [-0.3, -0.25) is 9.59 Å². The predicted octanol–water partition coefficient (Wildman–Crippen LogP) is 3.92. The lowest BCUT2D eigenvalue weighted by Crippen LogP contribution is -2.32. The quantitative estimate of drug-likeness (QED) is 0.376. The monoisotopic (exact) mass is 466 g/mol. The van der Waals surface area contributed by atoms with Crippen molar-refractivity contribution >= 4 is 29.0 Å². The maximum atomic E-state index is 12.3. The van der Waals surface area contributed by atoms with E-state index in [-0.39, 0.29) is 24.4 Å². The molecule has 0 bridgehead atoms. The van der Waals surface area contributed by atoms with E-state index < -0.39 is 0 Å². The lowest BCUT2D eigenvalue weighted by atomic mass is 10.2. The largest absolute Gasteiger partial charge is 0.463 e. The van der Waals surface area contributed by atoms with Crippen molar-refractivity contribution in [3.63, 3.8) is 0 Å². The zero-order valence-electron chi connectivity index (χ0n) is 17.5. The molecule has 164 valence electrons. The fourth-order valence-electron chi connectivity index (χ4n) is 2.96. The molecule has 0 saturated heterocycles. The summed E-state index contributed by atoms with van der Waals surface area (Å²) in [6.07, 6.45) is 1.76. The molecule has 1 amide bonds. The van der Waals surface area contributed by atoms with E-state index in [9.17, 15) is 9.59 Å². The van der Waals surface area contributed by atoms with Crippen LogP contribution in [0.3, 0.4) is 0 Å². The number of amides is 1. The summed E-state index contributed by atoms with van der Waals surface area (Å²) in [5.41, 5.74) is 3.57. The van der Waals surface area contributed by atoms with Crippen molar-refractivity contribution in [1.29, 1.82) is 0 Å². The summed E-state index contributed by atoms with van der Waals surface area (Å²) in [6, 6.07) is 15.0. The maximum absolute atomic E-state index is 12.3. The van der Waals surface area contributed by atoms with Gasteiger partial charge >= 0.3 is 0 Å². The highest BCUT2D eigenvalue weighted by Crippen LogP contribution is 2.26. The highest BCUT2D eigenvalue weighted by atomic mass is 32.2. The number of hydrogen-bond donors (Lipinski definition) is 1. The van der Waals surface area contributed by atoms with Crippen LogP contribution in [0.5, 0.6) is 0 Å². The lowest BCUT2D eigenvalue weighted by molar-refractivity contribution is -0.120. The summed E-state index contributed by atoms with van der Waals surface area (Å²) in [5, 5.41) is 9.04. The zero-order chi connectivity index (χ0) is 22.3. The molecule has 0 saturated carbocycles. The molecule has 4 rings (SSSR count). The van der Waals surface area contributed by atoms with Gasteiger partial charge in [-0.15, -0.1) is 11.3 Å². The van der Waals surface area contributed by atoms with E-state index in [0.717, 1.165) is 15.8 Å². The Kier molecular flexibility index (Phi) is 7.18. The van der Waals surface area contributed by atoms with Gasteiger partial charge in [0.05, 0.1) is 24.9 Å². The van der Waals surface area contributed by atoms with Crippen molar-refractivity contribution in [2.45, 2.75) is 30.0 Å². The number of aromatic nitrogens is 3. The van der Waals surface area contributed by atoms with Crippen LogP contribution >= 0.6 is 23.1 Å². The van der Waals surface area contributed by atoms with E-state index in [0.29, 0.717) is 18.0 Å². The highest BCUT2D eigenvalue weighted by Gasteiger charge is 2.10. The molecule has 0 aliphatic carbocycles. The minimum Gasteiger partial charge on any atom is -0.463 e. The average Bonchev–Trinajstić information content (AvgIpc) is 3.47. The molecule has 0 aliphatic heterocycles. The van der Waals surface area contributed by atoms with Crippen LogP contribution in [0.25, 0.3) is 11.5 Å². The van der Waals surface area contributed by atoms with Gasteiger partial charge in [0.15, 0.2) is 5.76 Å². The van der Waals surface area contributed by atoms with Crippen molar-refractivity contribution in [3.05, 3.63) is 87.3 Å². The van der Waals surface area contributed by atoms with Crippen LogP contribution < -0.4 is 10.9 Å². The van der Waals surface area contributed by atoms with Crippen molar-refractivity contribution in [2.24, 2.45) is 0 Å². The minimum absolute atomic E-state index is 0.138. The van der Waals surface area contributed by atoms with Crippen molar-refractivity contribution in [3.8, 4) is 11.5 Å². The van der Waals surface area contributed by atoms with E-state index in [1.165, 1.54) is 21.9 Å². The Balaban J connectivity index is 1.25. The van der Waals surface area contributed by atoms with Gasteiger partial charge in [0, 0.05) is 23.7 Å². The number of carbonyl (C=O) groups excluding carboxylic acids is 1. The minimum atomic E-state index is -0.232. The average molecular weight is 467 g/mol. The van der Waals surface area contributed by atoms with E-state index in [1.807, 2.05) is 5.38 Å². The number of thioether (sulfide) groups is 1. The number of benzene rings is 1. The molecule has 32 heavy (non-hydrogen) atoms. The van der Waals surface area contributed by atoms with Crippen LogP contribution in [-0.4, -0.2) is 27.2 Å². The first kappa shape index (κ1) is 22.0. The SMILES string of the molecule is Cc1ccc(CSc2nc(CC(=O)NCCn3nc(-c4ccco4)ccc3=O)cs2)cc1. The number of furan rings is 1. The molecule has 3 heterocycles. The van der Waals surface area contributed by atoms with E-state index in [1.54, 1.807) is 47.6 Å². The van der Waals surface area contributed by atoms with E-state index >= 15 is 0 Å². The fraction of sp³-hybridized carbons (Fsp3) is 0.217. The van der Waals surface area contributed by atoms with Crippen LogP contribution in [-0.2, 0) is 23.5 Å². The Morgan fingerprint density at radius 2 is 2.03 bits per heavy atom. The van der Waals surface area contributed by atoms with Gasteiger partial charge in [-0.1, -0.05) is 41.6 Å². The first-order valence-corrected chi connectivity index (χ1v) is 11.9. The van der Waals surface area contributed by atoms with Crippen LogP contribution in [0.4, 0.5) is 0 Å². The Labute approximate surface area is 193 Å². The lowest BCUT2D eigenvalue weighted by Gasteiger charge is -2.07. The maximum Gasteiger partial charge on any atom is 0.266 e. The highest BCUT2D eigenvalue weighted by molar-refractivity contribution is 8.00. The molecule has 4 aromatic rings. The molecular formula is C23H22N4O3S2. The standard InChI is InChI=1S/C23H22N4O3S2/c1-16-4-6-17(7-5-16)14-31-23-25-18(15-32-23)13-21(28)24-10-11-27-22(29)9-8-19(26-27)20-3-2-12-30-20/h2-9,12,15H,10-11,13-14H2,1H3,(H,24,28). The number of thiazole rings is 1. The van der Waals surface area contributed by atoms with Crippen LogP contribution in [0.1, 0.15) is 16.8 Å². The van der Waals surface area contributed by atoms with Crippen LogP contribution in [0.15, 0.2) is 73.7 Å². The topological polar surface area (TPSA) is 90.0 Å². The van der Waals surface area contributed by atoms with Gasteiger partial charge in [0.1, 0.15) is 10.0 Å². The zero-order valence-corrected chi connectivity index (χ0v) is 19.1. The number of carbonyl (C=O) groups is 1. The van der Waals surface area contributed by atoms with Gasteiger partial charge in [-0.05, 0) is 30.7 Å². The molecule has 0 aliphatic rings. The molecule has 0 radical (unpaired) electrons. The molecule has 0 fully saturated rings. The summed E-state index contributed by atoms with van der Waals surface area (Å²) in [7, 11) is 0. The molecule has 1 N–H and O–H groups in total. The Morgan fingerprint density at radius 3 is 2.81 bits per heavy atom. The molecule has 9 heteroatoms. The Bertz CT molecular complexity index is 1230. The molecule has 1 aromatic carbocycles. The van der Waals surface area contributed by atoms with Crippen molar-refractivity contribution in [1.82, 2.24) is 20.1 Å². The van der Waals surface area contributed by atoms with E-state index in [2.05, 4.69) is 46.6 Å².